The molecule has 3 heterocycles. The number of nitrogens with zero attached hydrogens (tertiary/aromatic N) is 3. The maximum atomic E-state index is 14.5. The monoisotopic (exact) mass is 519 g/mol. The van der Waals surface area contributed by atoms with E-state index in [0.717, 1.165) is 32.1 Å². The zero-order valence-electron chi connectivity index (χ0n) is 22.7. The van der Waals surface area contributed by atoms with Gasteiger partial charge in [0.05, 0.1) is 29.2 Å². The minimum absolute atomic E-state index is 0.00355. The molecule has 0 aromatic heterocycles. The summed E-state index contributed by atoms with van der Waals surface area (Å²) in [5.74, 6) is -1.26. The van der Waals surface area contributed by atoms with E-state index in [1.165, 1.54) is 0 Å². The number of thioether (sulfide) groups is 1. The largest absolute Gasteiger partial charge is 0.394 e. The van der Waals surface area contributed by atoms with E-state index in [1.807, 2.05) is 18.7 Å². The fourth-order valence-corrected chi connectivity index (χ4v) is 8.91. The Morgan fingerprint density at radius 1 is 1.22 bits per heavy atom. The average Bonchev–Trinajstić information content (AvgIpc) is 3.50. The quantitative estimate of drug-likeness (QED) is 0.378. The number of fused-ring (bicyclic) bond motifs is 1. The molecule has 1 spiro atoms. The first kappa shape index (κ1) is 28.8. The van der Waals surface area contributed by atoms with Crippen LogP contribution in [0, 0.1) is 17.8 Å². The Labute approximate surface area is 221 Å². The Balaban J connectivity index is 2.12. The number of carbonyl (C=O) groups is 3. The van der Waals surface area contributed by atoms with Crippen LogP contribution in [0.4, 0.5) is 0 Å². The van der Waals surface area contributed by atoms with E-state index in [2.05, 4.69) is 27.0 Å². The molecule has 0 saturated carbocycles. The summed E-state index contributed by atoms with van der Waals surface area (Å²) >= 11 is 1.68. The Morgan fingerprint density at radius 3 is 2.44 bits per heavy atom. The van der Waals surface area contributed by atoms with Gasteiger partial charge in [0.25, 0.3) is 0 Å². The second-order valence-electron chi connectivity index (χ2n) is 10.9. The lowest BCUT2D eigenvalue weighted by atomic mass is 9.70. The zero-order chi connectivity index (χ0) is 26.8. The van der Waals surface area contributed by atoms with Crippen molar-refractivity contribution in [2.24, 2.45) is 17.8 Å². The van der Waals surface area contributed by atoms with Crippen molar-refractivity contribution in [2.45, 2.75) is 87.9 Å². The van der Waals surface area contributed by atoms with Gasteiger partial charge in [-0.3, -0.25) is 14.4 Å². The fraction of sp³-hybridized carbons (Fsp3) is 0.750. The summed E-state index contributed by atoms with van der Waals surface area (Å²) < 4.78 is -0.652. The van der Waals surface area contributed by atoms with Gasteiger partial charge in [-0.1, -0.05) is 45.8 Å². The van der Waals surface area contributed by atoms with Crippen LogP contribution < -0.4 is 0 Å². The van der Waals surface area contributed by atoms with Crippen LogP contribution in [0.2, 0.25) is 0 Å². The predicted molar refractivity (Wildman–Crippen MR) is 145 cm³/mol. The number of carbonyl (C=O) groups excluding carboxylic acids is 3. The maximum absolute atomic E-state index is 14.5. The topological polar surface area (TPSA) is 81.2 Å². The normalized spacial score (nSPS) is 31.1. The van der Waals surface area contributed by atoms with Gasteiger partial charge in [-0.15, -0.1) is 24.9 Å². The molecule has 3 rings (SSSR count). The van der Waals surface area contributed by atoms with E-state index in [1.54, 1.807) is 40.8 Å². The second kappa shape index (κ2) is 11.7. The molecule has 3 fully saturated rings. The third-order valence-corrected chi connectivity index (χ3v) is 10.7. The van der Waals surface area contributed by atoms with E-state index in [9.17, 15) is 19.5 Å². The van der Waals surface area contributed by atoms with Crippen molar-refractivity contribution >= 4 is 29.5 Å². The first-order valence-corrected chi connectivity index (χ1v) is 14.4. The van der Waals surface area contributed by atoms with Gasteiger partial charge >= 0.3 is 0 Å². The van der Waals surface area contributed by atoms with Crippen molar-refractivity contribution in [3.05, 3.63) is 25.3 Å². The number of aliphatic hydroxyl groups excluding tert-OH is 1. The Kier molecular flexibility index (Phi) is 9.36. The summed E-state index contributed by atoms with van der Waals surface area (Å²) in [6.07, 6.45) is 7.54. The molecule has 3 aliphatic heterocycles. The average molecular weight is 520 g/mol. The Morgan fingerprint density at radius 2 is 1.89 bits per heavy atom. The van der Waals surface area contributed by atoms with Crippen LogP contribution in [0.15, 0.2) is 25.3 Å². The minimum atomic E-state index is -0.696. The van der Waals surface area contributed by atoms with Crippen LogP contribution in [-0.2, 0) is 14.4 Å². The van der Waals surface area contributed by atoms with Crippen molar-refractivity contribution in [1.29, 1.82) is 0 Å². The molecular formula is C28H45N3O4S. The molecule has 0 aromatic carbocycles. The van der Waals surface area contributed by atoms with Crippen molar-refractivity contribution in [1.82, 2.24) is 14.7 Å². The molecule has 202 valence electrons. The second-order valence-corrected chi connectivity index (χ2v) is 12.5. The summed E-state index contributed by atoms with van der Waals surface area (Å²) in [7, 11) is 1.75. The number of rotatable bonds is 13. The molecule has 3 unspecified atom stereocenters. The van der Waals surface area contributed by atoms with Crippen LogP contribution in [0.1, 0.15) is 59.8 Å². The van der Waals surface area contributed by atoms with Gasteiger partial charge in [0.2, 0.25) is 17.7 Å². The van der Waals surface area contributed by atoms with Crippen molar-refractivity contribution in [3.63, 3.8) is 0 Å². The number of likely N-dealkylation sites (tertiary alicyclic amines) is 1. The van der Waals surface area contributed by atoms with E-state index in [4.69, 9.17) is 0 Å². The van der Waals surface area contributed by atoms with E-state index in [0.29, 0.717) is 13.1 Å². The predicted octanol–water partition coefficient (Wildman–Crippen LogP) is 3.33. The Hall–Kier alpha value is -1.80. The molecule has 0 aromatic rings. The fourth-order valence-electron chi connectivity index (χ4n) is 6.72. The molecule has 36 heavy (non-hydrogen) atoms. The van der Waals surface area contributed by atoms with Crippen LogP contribution in [0.5, 0.6) is 0 Å². The first-order valence-electron chi connectivity index (χ1n) is 13.5. The summed E-state index contributed by atoms with van der Waals surface area (Å²) in [5.41, 5.74) is 0. The molecule has 3 aliphatic rings. The van der Waals surface area contributed by atoms with Gasteiger partial charge in [0.1, 0.15) is 6.04 Å². The van der Waals surface area contributed by atoms with Crippen molar-refractivity contribution < 1.29 is 19.5 Å². The molecule has 3 saturated heterocycles. The van der Waals surface area contributed by atoms with Crippen LogP contribution >= 0.6 is 11.8 Å². The van der Waals surface area contributed by atoms with Crippen LogP contribution in [0.3, 0.4) is 0 Å². The molecule has 8 atom stereocenters. The summed E-state index contributed by atoms with van der Waals surface area (Å²) in [4.78, 5) is 47.6. The smallest absolute Gasteiger partial charge is 0.247 e. The minimum Gasteiger partial charge on any atom is -0.394 e. The van der Waals surface area contributed by atoms with E-state index >= 15 is 0 Å². The van der Waals surface area contributed by atoms with E-state index in [-0.39, 0.29) is 41.5 Å². The lowest BCUT2D eigenvalue weighted by Crippen LogP contribution is -2.59. The SMILES string of the molecule is C=CCN(C)C(=O)[C@@H]1[C@H]2C(=O)N([C@@H](CO)[C@@H](C)CC)C(C(=O)N(CC=C)C(C)CCC)C23CC[C@H]1S3. The molecule has 3 amide bonds. The Bertz CT molecular complexity index is 866. The highest BCUT2D eigenvalue weighted by molar-refractivity contribution is 8.02. The molecule has 8 heteroatoms. The number of hydrogen-bond acceptors (Lipinski definition) is 5. The first-order chi connectivity index (χ1) is 17.1. The van der Waals surface area contributed by atoms with Gasteiger partial charge in [-0.25, -0.2) is 0 Å². The third-order valence-electron chi connectivity index (χ3n) is 8.73. The highest BCUT2D eigenvalue weighted by atomic mass is 32.2. The molecule has 0 radical (unpaired) electrons. The molecule has 2 bridgehead atoms. The summed E-state index contributed by atoms with van der Waals surface area (Å²) in [6.45, 7) is 16.5. The molecule has 7 nitrogen and oxygen atoms in total. The van der Waals surface area contributed by atoms with Crippen molar-refractivity contribution in [2.75, 3.05) is 26.7 Å². The zero-order valence-corrected chi connectivity index (χ0v) is 23.5. The van der Waals surface area contributed by atoms with Gasteiger partial charge in [0, 0.05) is 31.4 Å². The van der Waals surface area contributed by atoms with Gasteiger partial charge < -0.3 is 19.8 Å². The lowest BCUT2D eigenvalue weighted by molar-refractivity contribution is -0.148. The van der Waals surface area contributed by atoms with E-state index < -0.39 is 28.7 Å². The van der Waals surface area contributed by atoms with Crippen molar-refractivity contribution in [3.8, 4) is 0 Å². The molecule has 0 aliphatic carbocycles. The number of hydrogen-bond donors (Lipinski definition) is 1. The summed E-state index contributed by atoms with van der Waals surface area (Å²) in [5, 5.41) is 10.5. The van der Waals surface area contributed by atoms with Gasteiger partial charge in [-0.05, 0) is 32.1 Å². The standard InChI is InChI=1S/C28H45N3O4S/c1-8-12-19(6)30(16-10-3)27(35)24-28-14-13-21(36-28)22(25(33)29(7)15-9-2)23(28)26(34)31(24)20(17-32)18(5)11-4/h9-10,18-24,32H,2-3,8,11-17H2,1,4-7H3/t18-,19?,20-,21+,22-,23-,24?,28?/m0/s1. The summed E-state index contributed by atoms with van der Waals surface area (Å²) in [6, 6.07) is -1.16. The number of amides is 3. The third kappa shape index (κ3) is 4.64. The van der Waals surface area contributed by atoms with Crippen LogP contribution in [-0.4, -0.2) is 92.4 Å². The lowest BCUT2D eigenvalue weighted by Gasteiger charge is -2.42. The highest BCUT2D eigenvalue weighted by Crippen LogP contribution is 2.67. The number of likely N-dealkylation sites (N-methyl/N-ethyl adjacent to an activating group) is 1. The van der Waals surface area contributed by atoms with Gasteiger partial charge in [0.15, 0.2) is 0 Å². The molecule has 1 N–H and O–H groups in total. The van der Waals surface area contributed by atoms with Gasteiger partial charge in [-0.2, -0.15) is 0 Å². The number of aliphatic hydroxyl groups is 1. The molecular weight excluding hydrogens is 474 g/mol. The van der Waals surface area contributed by atoms with Crippen LogP contribution in [0.25, 0.3) is 0 Å². The highest BCUT2D eigenvalue weighted by Gasteiger charge is 2.74. The maximum Gasteiger partial charge on any atom is 0.247 e.